The first kappa shape index (κ1) is 16.1. The molecule has 0 radical (unpaired) electrons. The van der Waals surface area contributed by atoms with Crippen LogP contribution in [-0.4, -0.2) is 34.5 Å². The Balaban J connectivity index is 1.74. The van der Waals surface area contributed by atoms with Crippen molar-refractivity contribution in [3.05, 3.63) is 60.2 Å². The van der Waals surface area contributed by atoms with Crippen molar-refractivity contribution in [1.82, 2.24) is 4.90 Å². The highest BCUT2D eigenvalue weighted by atomic mass is 16.5. The highest BCUT2D eigenvalue weighted by molar-refractivity contribution is 5.91. The Labute approximate surface area is 146 Å². The summed E-state index contributed by atoms with van der Waals surface area (Å²) in [5, 5.41) is 11.7. The van der Waals surface area contributed by atoms with Gasteiger partial charge in [-0.1, -0.05) is 48.1 Å². The molecule has 5 atom stereocenters. The summed E-state index contributed by atoms with van der Waals surface area (Å²) in [6.45, 7) is 6.33. The van der Waals surface area contributed by atoms with Crippen LogP contribution in [0.5, 0.6) is 0 Å². The van der Waals surface area contributed by atoms with Gasteiger partial charge in [0, 0.05) is 18.4 Å². The monoisotopic (exact) mass is 338 g/mol. The first-order valence-corrected chi connectivity index (χ1v) is 8.51. The maximum atomic E-state index is 13.2. The molecule has 1 aromatic rings. The van der Waals surface area contributed by atoms with Crippen LogP contribution < -0.4 is 5.11 Å². The van der Waals surface area contributed by atoms with E-state index in [1.54, 1.807) is 11.0 Å². The predicted molar refractivity (Wildman–Crippen MR) is 88.9 cm³/mol. The van der Waals surface area contributed by atoms with Gasteiger partial charge in [-0.3, -0.25) is 4.79 Å². The van der Waals surface area contributed by atoms with Crippen LogP contribution in [-0.2, 0) is 20.9 Å². The molecule has 0 aliphatic carbocycles. The van der Waals surface area contributed by atoms with E-state index in [0.717, 1.165) is 11.1 Å². The third-order valence-electron chi connectivity index (χ3n) is 5.54. The van der Waals surface area contributed by atoms with Gasteiger partial charge in [-0.05, 0) is 18.9 Å². The molecule has 25 heavy (non-hydrogen) atoms. The van der Waals surface area contributed by atoms with E-state index in [4.69, 9.17) is 4.74 Å². The molecular weight excluding hydrogens is 318 g/mol. The Morgan fingerprint density at radius 2 is 2.08 bits per heavy atom. The third kappa shape index (κ3) is 2.26. The molecule has 130 valence electrons. The maximum absolute atomic E-state index is 13.2. The number of likely N-dealkylation sites (tertiary alicyclic amines) is 1. The molecule has 0 N–H and O–H groups in total. The minimum atomic E-state index is -1.22. The Bertz CT molecular complexity index is 771. The van der Waals surface area contributed by atoms with Gasteiger partial charge in [0.1, 0.15) is 5.60 Å². The number of fused-ring (bicyclic) bond motifs is 1. The summed E-state index contributed by atoms with van der Waals surface area (Å²) in [7, 11) is 0. The van der Waals surface area contributed by atoms with E-state index in [2.05, 4.69) is 6.58 Å². The normalized spacial score (nSPS) is 35.2. The number of benzene rings is 1. The maximum Gasteiger partial charge on any atom is 0.230 e. The van der Waals surface area contributed by atoms with Gasteiger partial charge < -0.3 is 19.5 Å². The van der Waals surface area contributed by atoms with Crippen molar-refractivity contribution < 1.29 is 19.4 Å². The quantitative estimate of drug-likeness (QED) is 0.753. The van der Waals surface area contributed by atoms with E-state index in [0.29, 0.717) is 13.0 Å². The third-order valence-corrected chi connectivity index (χ3v) is 5.54. The molecular formula is C20H20NO4-. The molecule has 1 aromatic carbocycles. The molecule has 1 spiro atoms. The van der Waals surface area contributed by atoms with Gasteiger partial charge in [-0.25, -0.2) is 0 Å². The summed E-state index contributed by atoms with van der Waals surface area (Å²) in [4.78, 5) is 26.6. The highest BCUT2D eigenvalue weighted by Crippen LogP contribution is 2.56. The predicted octanol–water partition coefficient (Wildman–Crippen LogP) is 1.05. The number of ether oxygens (including phenoxy) is 1. The fourth-order valence-electron chi connectivity index (χ4n) is 4.56. The van der Waals surface area contributed by atoms with Crippen LogP contribution >= 0.6 is 0 Å². The van der Waals surface area contributed by atoms with Gasteiger partial charge in [0.25, 0.3) is 0 Å². The molecule has 2 bridgehead atoms. The number of rotatable bonds is 5. The number of aliphatic carboxylic acids is 1. The fourth-order valence-corrected chi connectivity index (χ4v) is 4.56. The number of nitrogens with zero attached hydrogens (tertiary/aromatic N) is 1. The molecule has 3 aliphatic heterocycles. The topological polar surface area (TPSA) is 69.7 Å². The molecule has 0 aromatic heterocycles. The summed E-state index contributed by atoms with van der Waals surface area (Å²) in [5.41, 5.74) is 1.05. The van der Waals surface area contributed by atoms with E-state index in [1.165, 1.54) is 0 Å². The van der Waals surface area contributed by atoms with Crippen molar-refractivity contribution in [3.8, 4) is 0 Å². The van der Waals surface area contributed by atoms with E-state index in [9.17, 15) is 14.7 Å². The molecule has 1 amide bonds. The number of carboxylic acid groups (broad SMARTS) is 1. The second-order valence-corrected chi connectivity index (χ2v) is 7.25. The molecule has 4 rings (SSSR count). The van der Waals surface area contributed by atoms with Crippen LogP contribution in [0.2, 0.25) is 0 Å². The summed E-state index contributed by atoms with van der Waals surface area (Å²) in [6, 6.07) is 9.44. The average molecular weight is 338 g/mol. The Hall–Kier alpha value is -2.40. The van der Waals surface area contributed by atoms with Crippen LogP contribution in [0.4, 0.5) is 0 Å². The number of hydrogen-bond acceptors (Lipinski definition) is 4. The number of amides is 1. The lowest BCUT2D eigenvalue weighted by Gasteiger charge is -2.33. The molecule has 5 nitrogen and oxygen atoms in total. The summed E-state index contributed by atoms with van der Waals surface area (Å²) < 4.78 is 6.07. The lowest BCUT2D eigenvalue weighted by Crippen LogP contribution is -2.46. The van der Waals surface area contributed by atoms with Gasteiger partial charge in [0.05, 0.1) is 18.1 Å². The highest BCUT2D eigenvalue weighted by Gasteiger charge is 2.69. The smallest absolute Gasteiger partial charge is 0.230 e. The zero-order chi connectivity index (χ0) is 17.8. The zero-order valence-electron chi connectivity index (χ0n) is 14.1. The lowest BCUT2D eigenvalue weighted by molar-refractivity contribution is -0.313. The Morgan fingerprint density at radius 1 is 1.36 bits per heavy atom. The SMILES string of the molecule is C=C(C)C[C@@H]1N(Cc2ccccc2)C(=O)[C@@H]2[C@H](C(=O)[O-])[C@@H]3C=C[C@]21O3. The Morgan fingerprint density at radius 3 is 2.72 bits per heavy atom. The number of carboxylic acids is 1. The molecule has 0 saturated carbocycles. The van der Waals surface area contributed by atoms with Gasteiger partial charge >= 0.3 is 0 Å². The van der Waals surface area contributed by atoms with Crippen LogP contribution in [0, 0.1) is 11.8 Å². The van der Waals surface area contributed by atoms with Crippen LogP contribution in [0.15, 0.2) is 54.6 Å². The van der Waals surface area contributed by atoms with E-state index in [1.807, 2.05) is 43.3 Å². The van der Waals surface area contributed by atoms with Crippen molar-refractivity contribution in [3.63, 3.8) is 0 Å². The fraction of sp³-hybridized carbons (Fsp3) is 0.400. The van der Waals surface area contributed by atoms with E-state index >= 15 is 0 Å². The second-order valence-electron chi connectivity index (χ2n) is 7.25. The summed E-state index contributed by atoms with van der Waals surface area (Å²) >= 11 is 0. The molecule has 3 heterocycles. The van der Waals surface area contributed by atoms with Gasteiger partial charge in [0.15, 0.2) is 0 Å². The summed E-state index contributed by atoms with van der Waals surface area (Å²) in [6.07, 6.45) is 3.65. The van der Waals surface area contributed by atoms with Crippen molar-refractivity contribution in [2.75, 3.05) is 0 Å². The second kappa shape index (κ2) is 5.56. The Kier molecular flexibility index (Phi) is 3.58. The standard InChI is InChI=1S/C20H21NO4/c1-12(2)10-15-20-9-8-14(25-20)16(19(23)24)17(20)18(22)21(15)11-13-6-4-3-5-7-13/h3-9,14-17H,1,10-11H2,2H3,(H,23,24)/p-1/t14-,15-,16+,17-,20+/m0/s1. The minimum Gasteiger partial charge on any atom is -0.550 e. The first-order valence-electron chi connectivity index (χ1n) is 8.51. The van der Waals surface area contributed by atoms with Crippen molar-refractivity contribution in [2.24, 2.45) is 11.8 Å². The van der Waals surface area contributed by atoms with Crippen molar-refractivity contribution >= 4 is 11.9 Å². The molecule has 2 saturated heterocycles. The van der Waals surface area contributed by atoms with Gasteiger partial charge in [-0.15, -0.1) is 6.58 Å². The number of carbonyl (C=O) groups is 2. The number of hydrogen-bond donors (Lipinski definition) is 0. The van der Waals surface area contributed by atoms with Crippen LogP contribution in [0.3, 0.4) is 0 Å². The van der Waals surface area contributed by atoms with Crippen molar-refractivity contribution in [1.29, 1.82) is 0 Å². The molecule has 2 fully saturated rings. The van der Waals surface area contributed by atoms with E-state index in [-0.39, 0.29) is 11.9 Å². The van der Waals surface area contributed by atoms with Crippen molar-refractivity contribution in [2.45, 2.75) is 37.6 Å². The lowest BCUT2D eigenvalue weighted by atomic mass is 9.74. The zero-order valence-corrected chi connectivity index (χ0v) is 14.1. The largest absolute Gasteiger partial charge is 0.550 e. The minimum absolute atomic E-state index is 0.170. The van der Waals surface area contributed by atoms with Crippen LogP contribution in [0.1, 0.15) is 18.9 Å². The summed E-state index contributed by atoms with van der Waals surface area (Å²) in [5.74, 6) is -3.03. The van der Waals surface area contributed by atoms with E-state index < -0.39 is 29.5 Å². The number of carbonyl (C=O) groups excluding carboxylic acids is 2. The first-order chi connectivity index (χ1) is 11.9. The average Bonchev–Trinajstić information content (AvgIpc) is 3.20. The van der Waals surface area contributed by atoms with Gasteiger partial charge in [0.2, 0.25) is 5.91 Å². The molecule has 3 aliphatic rings. The van der Waals surface area contributed by atoms with Crippen LogP contribution in [0.25, 0.3) is 0 Å². The molecule has 5 heteroatoms. The van der Waals surface area contributed by atoms with Gasteiger partial charge in [-0.2, -0.15) is 0 Å². The molecule has 0 unspecified atom stereocenters.